The van der Waals surface area contributed by atoms with E-state index >= 15 is 0 Å². The Bertz CT molecular complexity index is 252. The first-order chi connectivity index (χ1) is 6.86. The van der Waals surface area contributed by atoms with E-state index in [1.807, 2.05) is 0 Å². The summed E-state index contributed by atoms with van der Waals surface area (Å²) in [4.78, 5) is 10.5. The Labute approximate surface area is 56.6 Å². The highest BCUT2D eigenvalue weighted by Gasteiger charge is 2.04. The number of hydrogen-bond donors (Lipinski definition) is 1. The summed E-state index contributed by atoms with van der Waals surface area (Å²) in [7, 11) is 0. The molecule has 1 N–H and O–H groups in total. The number of nitrogens with one attached hydrogen (secondary N) is 1. The molecule has 0 rings (SSSR count). The third-order valence-corrected chi connectivity index (χ3v) is 0.248. The van der Waals surface area contributed by atoms with Crippen LogP contribution in [0.25, 0.3) is 0 Å². The van der Waals surface area contributed by atoms with Gasteiger partial charge in [-0.3, -0.25) is 4.79 Å². The van der Waals surface area contributed by atoms with Gasteiger partial charge in [0.1, 0.15) is 1.37 Å². The summed E-state index contributed by atoms with van der Waals surface area (Å²) in [6, 6.07) is 0. The summed E-state index contributed by atoms with van der Waals surface area (Å²) < 4.78 is 63.0. The van der Waals surface area contributed by atoms with Gasteiger partial charge in [0, 0.05) is 16.5 Å². The van der Waals surface area contributed by atoms with E-state index in [1.165, 1.54) is 5.32 Å². The summed E-state index contributed by atoms with van der Waals surface area (Å²) in [6.45, 7) is -8.94. The normalized spacial score (nSPS) is 33.6. The first kappa shape index (κ1) is 0.925. The average molecular weight is 110 g/mol. The summed E-state index contributed by atoms with van der Waals surface area (Å²) >= 11 is 0. The van der Waals surface area contributed by atoms with E-state index in [4.69, 9.17) is 12.3 Å². The van der Waals surface area contributed by atoms with Crippen LogP contribution in [0.3, 0.4) is 0 Å². The summed E-state index contributed by atoms with van der Waals surface area (Å²) in [6.07, 6.45) is -1.66. The van der Waals surface area contributed by atoms with Gasteiger partial charge in [0.05, 0.1) is 0 Å². The fraction of sp³-hybridized carbons (Fsp3) is 0.800. The largest absolute Gasteiger partial charge is 0.354 e. The molecule has 1 amide bonds. The van der Waals surface area contributed by atoms with Gasteiger partial charge in [-0.15, -0.1) is 0 Å². The second-order valence-corrected chi connectivity index (χ2v) is 1.04. The number of amides is 1. The van der Waals surface area contributed by atoms with Crippen LogP contribution in [0.2, 0.25) is 0 Å². The van der Waals surface area contributed by atoms with Crippen LogP contribution in [-0.2, 0) is 4.79 Å². The standard InChI is InChI=1S/C5H11NO/c1-5(2,3)6-4-7/h4H,1-3H3,(H,6,7)/i1D2,2D3,3D3,4D. The third-order valence-electron chi connectivity index (χ3n) is 0.248. The minimum absolute atomic E-state index is 1.40. The molecule has 0 saturated carbocycles. The lowest BCUT2D eigenvalue weighted by Crippen LogP contribution is -2.34. The molecule has 0 fully saturated rings. The molecule has 0 aliphatic heterocycles. The molecule has 0 aromatic carbocycles. The summed E-state index contributed by atoms with van der Waals surface area (Å²) in [5.74, 6) is 0. The zero-order chi connectivity index (χ0) is 13.4. The zero-order valence-corrected chi connectivity index (χ0v) is 3.49. The van der Waals surface area contributed by atoms with E-state index in [9.17, 15) is 4.79 Å². The monoisotopic (exact) mass is 110 g/mol. The van der Waals surface area contributed by atoms with Crippen molar-refractivity contribution in [2.75, 3.05) is 0 Å². The highest BCUT2D eigenvalue weighted by atomic mass is 16.1. The maximum Gasteiger partial charge on any atom is 0.207 e. The number of hydrogen-bond acceptors (Lipinski definition) is 1. The third kappa shape index (κ3) is 5.47. The van der Waals surface area contributed by atoms with Crippen LogP contribution in [0, 0.1) is 0 Å². The lowest BCUT2D eigenvalue weighted by molar-refractivity contribution is -0.110. The fourth-order valence-electron chi connectivity index (χ4n) is 0.0805. The molecule has 0 bridgehead atoms. The Morgan fingerprint density at radius 1 is 2.00 bits per heavy atom. The van der Waals surface area contributed by atoms with Gasteiger partial charge in [-0.25, -0.2) is 0 Å². The molecule has 0 aromatic heterocycles. The molecule has 0 saturated heterocycles. The van der Waals surface area contributed by atoms with E-state index in [1.54, 1.807) is 0 Å². The molecule has 0 aromatic rings. The minimum Gasteiger partial charge on any atom is -0.354 e. The quantitative estimate of drug-likeness (QED) is 0.453. The molecule has 0 heterocycles. The van der Waals surface area contributed by atoms with Gasteiger partial charge in [-0.2, -0.15) is 0 Å². The van der Waals surface area contributed by atoms with Gasteiger partial charge in [0.15, 0.2) is 0 Å². The van der Waals surface area contributed by atoms with E-state index in [0.29, 0.717) is 0 Å². The molecule has 7 heavy (non-hydrogen) atoms. The molecular weight excluding hydrogens is 90.1 g/mol. The Morgan fingerprint density at radius 3 is 2.86 bits per heavy atom. The van der Waals surface area contributed by atoms with Crippen LogP contribution in [0.5, 0.6) is 0 Å². The maximum absolute atomic E-state index is 10.5. The molecule has 0 radical (unpaired) electrons. The van der Waals surface area contributed by atoms with Gasteiger partial charge in [0.2, 0.25) is 6.39 Å². The van der Waals surface area contributed by atoms with Crippen molar-refractivity contribution in [3.8, 4) is 0 Å². The molecule has 2 heteroatoms. The van der Waals surface area contributed by atoms with Gasteiger partial charge in [-0.05, 0) is 20.6 Å². The Morgan fingerprint density at radius 2 is 2.71 bits per heavy atom. The van der Waals surface area contributed by atoms with Crippen molar-refractivity contribution in [3.63, 3.8) is 0 Å². The van der Waals surface area contributed by atoms with Crippen LogP contribution >= 0.6 is 0 Å². The van der Waals surface area contributed by atoms with Gasteiger partial charge >= 0.3 is 0 Å². The Hall–Kier alpha value is -0.530. The summed E-state index contributed by atoms with van der Waals surface area (Å²) in [5, 5.41) is 1.40. The van der Waals surface area contributed by atoms with Crippen LogP contribution in [0.15, 0.2) is 0 Å². The zero-order valence-electron chi connectivity index (χ0n) is 12.5. The van der Waals surface area contributed by atoms with E-state index in [0.717, 1.165) is 0 Å². The van der Waals surface area contributed by atoms with Crippen LogP contribution in [0.1, 0.15) is 32.9 Å². The SMILES string of the molecule is [2H]C(=O)NC(C([2H])[2H])(C([2H])([2H])[2H])C([2H])([2H])[2H]. The predicted octanol–water partition coefficient (Wildman–Crippen LogP) is 0.531. The fourth-order valence-corrected chi connectivity index (χ4v) is 0.0805. The van der Waals surface area contributed by atoms with Crippen molar-refractivity contribution in [3.05, 3.63) is 0 Å². The van der Waals surface area contributed by atoms with Gasteiger partial charge in [-0.1, -0.05) is 0 Å². The molecule has 42 valence electrons. The van der Waals surface area contributed by atoms with E-state index in [2.05, 4.69) is 0 Å². The van der Waals surface area contributed by atoms with Gasteiger partial charge < -0.3 is 5.32 Å². The van der Waals surface area contributed by atoms with Crippen molar-refractivity contribution in [2.45, 2.75) is 26.1 Å². The second-order valence-electron chi connectivity index (χ2n) is 1.04. The highest BCUT2D eigenvalue weighted by Crippen LogP contribution is 1.94. The maximum atomic E-state index is 10.5. The smallest absolute Gasteiger partial charge is 0.207 e. The van der Waals surface area contributed by atoms with Crippen molar-refractivity contribution in [1.29, 1.82) is 0 Å². The molecule has 2 nitrogen and oxygen atoms in total. The lowest BCUT2D eigenvalue weighted by atomic mass is 10.1. The molecule has 0 unspecified atom stereocenters. The highest BCUT2D eigenvalue weighted by molar-refractivity contribution is 5.47. The first-order valence-corrected chi connectivity index (χ1v) is 1.49. The van der Waals surface area contributed by atoms with Crippen LogP contribution in [0.4, 0.5) is 0 Å². The molecule has 0 aliphatic carbocycles. The van der Waals surface area contributed by atoms with Crippen molar-refractivity contribution in [1.82, 2.24) is 5.32 Å². The number of rotatable bonds is 0. The number of carbonyl (C=O) groups is 1. The molecular formula is C5H11NO. The first-order valence-electron chi connectivity index (χ1n) is 6.15. The predicted molar refractivity (Wildman–Crippen MR) is 29.0 cm³/mol. The molecule has 0 atom stereocenters. The molecule has 0 aliphatic rings. The Kier molecular flexibility index (Phi) is 0.259. The topological polar surface area (TPSA) is 29.1 Å². The average Bonchev–Trinajstić information content (AvgIpc) is 1.93. The minimum atomic E-state index is -3.29. The summed E-state index contributed by atoms with van der Waals surface area (Å²) in [5.41, 5.74) is -3.06. The second kappa shape index (κ2) is 1.96. The van der Waals surface area contributed by atoms with Crippen LogP contribution in [-0.4, -0.2) is 11.9 Å². The number of carbonyl (C=O) groups excluding carboxylic acids is 1. The lowest BCUT2D eigenvalue weighted by Gasteiger charge is -2.15. The van der Waals surface area contributed by atoms with E-state index < -0.39 is 32.5 Å². The van der Waals surface area contributed by atoms with E-state index in [-0.39, 0.29) is 0 Å². The molecule has 0 spiro atoms. The van der Waals surface area contributed by atoms with Crippen molar-refractivity contribution < 1.29 is 17.1 Å². The van der Waals surface area contributed by atoms with Crippen LogP contribution < -0.4 is 5.32 Å². The van der Waals surface area contributed by atoms with Crippen molar-refractivity contribution >= 4 is 6.39 Å². The van der Waals surface area contributed by atoms with Crippen molar-refractivity contribution in [2.24, 2.45) is 0 Å². The van der Waals surface area contributed by atoms with Gasteiger partial charge in [0.25, 0.3) is 0 Å². The Balaban J connectivity index is 5.71.